The lowest BCUT2D eigenvalue weighted by Crippen LogP contribution is -2.19. The minimum atomic E-state index is -3.76. The molecule has 2 aromatic carbocycles. The molecule has 0 heterocycles. The Morgan fingerprint density at radius 2 is 1.78 bits per heavy atom. The van der Waals surface area contributed by atoms with Crippen molar-refractivity contribution in [3.63, 3.8) is 0 Å². The molecule has 2 N–H and O–H groups in total. The van der Waals surface area contributed by atoms with Gasteiger partial charge >= 0.3 is 0 Å². The summed E-state index contributed by atoms with van der Waals surface area (Å²) in [6.07, 6.45) is 0. The lowest BCUT2D eigenvalue weighted by atomic mass is 10.2. The molecule has 7 heteroatoms. The van der Waals surface area contributed by atoms with E-state index in [-0.39, 0.29) is 10.8 Å². The zero-order chi connectivity index (χ0) is 17.0. The van der Waals surface area contributed by atoms with Gasteiger partial charge in [-0.15, -0.1) is 0 Å². The molecule has 0 bridgehead atoms. The maximum Gasteiger partial charge on any atom is 0.261 e. The number of aryl methyl sites for hydroxylation is 1. The van der Waals surface area contributed by atoms with Crippen LogP contribution >= 0.6 is 0 Å². The van der Waals surface area contributed by atoms with Crippen LogP contribution in [0, 0.1) is 12.7 Å². The molecular weight excluding hydrogens is 319 g/mol. The fraction of sp³-hybridized carbons (Fsp3) is 0.188. The van der Waals surface area contributed by atoms with Crippen molar-refractivity contribution in [2.75, 3.05) is 4.72 Å². The summed E-state index contributed by atoms with van der Waals surface area (Å²) >= 11 is 0. The highest BCUT2D eigenvalue weighted by Gasteiger charge is 2.15. The predicted octanol–water partition coefficient (Wildman–Crippen LogP) is 2.57. The molecule has 0 spiro atoms. The number of hydrogen-bond donors (Lipinski definition) is 2. The van der Waals surface area contributed by atoms with Crippen LogP contribution in [0.2, 0.25) is 0 Å². The van der Waals surface area contributed by atoms with E-state index in [4.69, 9.17) is 0 Å². The molecule has 0 saturated heterocycles. The number of anilines is 1. The zero-order valence-electron chi connectivity index (χ0n) is 12.8. The van der Waals surface area contributed by atoms with Gasteiger partial charge in [0.1, 0.15) is 5.82 Å². The van der Waals surface area contributed by atoms with Gasteiger partial charge < -0.3 is 5.32 Å². The number of carbonyl (C=O) groups is 1. The van der Waals surface area contributed by atoms with Gasteiger partial charge in [-0.05, 0) is 48.4 Å². The van der Waals surface area contributed by atoms with Crippen LogP contribution in [0.25, 0.3) is 0 Å². The highest BCUT2D eigenvalue weighted by atomic mass is 32.2. The number of sulfonamides is 1. The molecule has 0 fully saturated rings. The largest absolute Gasteiger partial charge is 0.352 e. The van der Waals surface area contributed by atoms with E-state index in [1.54, 1.807) is 19.1 Å². The van der Waals surface area contributed by atoms with Crippen LogP contribution in [-0.2, 0) is 21.4 Å². The van der Waals surface area contributed by atoms with Crippen LogP contribution in [-0.4, -0.2) is 14.3 Å². The fourth-order valence-electron chi connectivity index (χ4n) is 1.96. The van der Waals surface area contributed by atoms with Crippen molar-refractivity contribution in [3.05, 3.63) is 59.4 Å². The Morgan fingerprint density at radius 1 is 1.13 bits per heavy atom. The van der Waals surface area contributed by atoms with Crippen molar-refractivity contribution < 1.29 is 17.6 Å². The first-order chi connectivity index (χ1) is 10.8. The Labute approximate surface area is 134 Å². The van der Waals surface area contributed by atoms with Crippen LogP contribution in [0.15, 0.2) is 47.4 Å². The van der Waals surface area contributed by atoms with E-state index >= 15 is 0 Å². The van der Waals surface area contributed by atoms with Crippen LogP contribution in [0.3, 0.4) is 0 Å². The highest BCUT2D eigenvalue weighted by molar-refractivity contribution is 7.92. The van der Waals surface area contributed by atoms with E-state index in [9.17, 15) is 17.6 Å². The molecule has 2 rings (SSSR count). The summed E-state index contributed by atoms with van der Waals surface area (Å²) in [7, 11) is -3.76. The molecule has 23 heavy (non-hydrogen) atoms. The van der Waals surface area contributed by atoms with Crippen molar-refractivity contribution in [2.24, 2.45) is 0 Å². The minimum Gasteiger partial charge on any atom is -0.352 e. The summed E-state index contributed by atoms with van der Waals surface area (Å²) in [5, 5.41) is 2.63. The van der Waals surface area contributed by atoms with Crippen molar-refractivity contribution in [1.29, 1.82) is 0 Å². The number of nitrogens with one attached hydrogen (secondary N) is 2. The second kappa shape index (κ2) is 6.78. The fourth-order valence-corrected chi connectivity index (χ4v) is 3.09. The topological polar surface area (TPSA) is 75.3 Å². The molecule has 122 valence electrons. The van der Waals surface area contributed by atoms with Crippen molar-refractivity contribution >= 4 is 21.6 Å². The Balaban J connectivity index is 2.17. The number of rotatable bonds is 5. The molecule has 0 aromatic heterocycles. The quantitative estimate of drug-likeness (QED) is 0.881. The minimum absolute atomic E-state index is 0.0906. The molecule has 0 unspecified atom stereocenters. The predicted molar refractivity (Wildman–Crippen MR) is 85.9 cm³/mol. The average molecular weight is 336 g/mol. The first kappa shape index (κ1) is 17.0. The van der Waals surface area contributed by atoms with E-state index in [1.165, 1.54) is 37.3 Å². The highest BCUT2D eigenvalue weighted by Crippen LogP contribution is 2.20. The number of amides is 1. The summed E-state index contributed by atoms with van der Waals surface area (Å²) in [6.45, 7) is 3.37. The number of halogens is 1. The van der Waals surface area contributed by atoms with E-state index in [0.717, 1.165) is 5.56 Å². The van der Waals surface area contributed by atoms with Crippen molar-refractivity contribution in [1.82, 2.24) is 5.32 Å². The van der Waals surface area contributed by atoms with Crippen LogP contribution < -0.4 is 10.0 Å². The third-order valence-corrected chi connectivity index (χ3v) is 4.59. The van der Waals surface area contributed by atoms with Gasteiger partial charge in [-0.1, -0.05) is 12.1 Å². The number of carbonyl (C=O) groups excluding carboxylic acids is 1. The van der Waals surface area contributed by atoms with Gasteiger partial charge in [0, 0.05) is 13.5 Å². The van der Waals surface area contributed by atoms with E-state index in [0.29, 0.717) is 17.8 Å². The summed E-state index contributed by atoms with van der Waals surface area (Å²) in [6, 6.07) is 10.0. The maximum absolute atomic E-state index is 13.1. The average Bonchev–Trinajstić information content (AvgIpc) is 2.48. The first-order valence-corrected chi connectivity index (χ1v) is 8.38. The van der Waals surface area contributed by atoms with E-state index in [2.05, 4.69) is 10.0 Å². The smallest absolute Gasteiger partial charge is 0.261 e. The van der Waals surface area contributed by atoms with Crippen LogP contribution in [0.1, 0.15) is 18.1 Å². The zero-order valence-corrected chi connectivity index (χ0v) is 13.6. The SMILES string of the molecule is CC(=O)NCc1ccc(S(=O)(=O)Nc2ccc(F)cc2C)cc1. The lowest BCUT2D eigenvalue weighted by Gasteiger charge is -2.11. The summed E-state index contributed by atoms with van der Waals surface area (Å²) in [4.78, 5) is 10.9. The second-order valence-corrected chi connectivity index (χ2v) is 6.80. The second-order valence-electron chi connectivity index (χ2n) is 5.12. The lowest BCUT2D eigenvalue weighted by molar-refractivity contribution is -0.119. The van der Waals surface area contributed by atoms with Crippen molar-refractivity contribution in [2.45, 2.75) is 25.3 Å². The molecule has 5 nitrogen and oxygen atoms in total. The monoisotopic (exact) mass is 336 g/mol. The Morgan fingerprint density at radius 3 is 2.35 bits per heavy atom. The molecule has 0 aliphatic rings. The molecule has 0 aliphatic carbocycles. The Kier molecular flexibility index (Phi) is 5.00. The van der Waals surface area contributed by atoms with Crippen molar-refractivity contribution in [3.8, 4) is 0 Å². The van der Waals surface area contributed by atoms with Gasteiger partial charge in [0.05, 0.1) is 10.6 Å². The van der Waals surface area contributed by atoms with Gasteiger partial charge in [-0.25, -0.2) is 12.8 Å². The van der Waals surface area contributed by atoms with E-state index < -0.39 is 15.8 Å². The summed E-state index contributed by atoms with van der Waals surface area (Å²) < 4.78 is 40.2. The summed E-state index contributed by atoms with van der Waals surface area (Å²) in [5.74, 6) is -0.581. The Hall–Kier alpha value is -2.41. The molecule has 1 amide bonds. The van der Waals surface area contributed by atoms with Gasteiger partial charge in [-0.2, -0.15) is 0 Å². The molecule has 0 saturated carbocycles. The van der Waals surface area contributed by atoms with Gasteiger partial charge in [0.25, 0.3) is 10.0 Å². The number of benzene rings is 2. The molecule has 0 aliphatic heterocycles. The third-order valence-electron chi connectivity index (χ3n) is 3.21. The summed E-state index contributed by atoms with van der Waals surface area (Å²) in [5.41, 5.74) is 1.61. The van der Waals surface area contributed by atoms with Gasteiger partial charge in [0.2, 0.25) is 5.91 Å². The first-order valence-electron chi connectivity index (χ1n) is 6.90. The van der Waals surface area contributed by atoms with Crippen LogP contribution in [0.5, 0.6) is 0 Å². The standard InChI is InChI=1S/C16H17FN2O3S/c1-11-9-14(17)5-8-16(11)19-23(21,22)15-6-3-13(4-7-15)10-18-12(2)20/h3-9,19H,10H2,1-2H3,(H,18,20). The third kappa shape index (κ3) is 4.53. The number of hydrogen-bond acceptors (Lipinski definition) is 3. The maximum atomic E-state index is 13.1. The molecule has 0 radical (unpaired) electrons. The van der Waals surface area contributed by atoms with Crippen LogP contribution in [0.4, 0.5) is 10.1 Å². The molecule has 2 aromatic rings. The van der Waals surface area contributed by atoms with Gasteiger partial charge in [-0.3, -0.25) is 9.52 Å². The Bertz CT molecular complexity index is 818. The van der Waals surface area contributed by atoms with Gasteiger partial charge in [0.15, 0.2) is 0 Å². The molecular formula is C16H17FN2O3S. The van der Waals surface area contributed by atoms with E-state index in [1.807, 2.05) is 0 Å². The normalized spacial score (nSPS) is 11.1. The molecule has 0 atom stereocenters.